The molecule has 0 spiro atoms. The number of para-hydroxylation sites is 1. The summed E-state index contributed by atoms with van der Waals surface area (Å²) in [6.45, 7) is 5.89. The van der Waals surface area contributed by atoms with Crippen LogP contribution in [0.5, 0.6) is 0 Å². The zero-order valence-corrected chi connectivity index (χ0v) is 18.2. The fraction of sp³-hybridized carbons (Fsp3) is 0.364. The number of aryl methyl sites for hydroxylation is 1. The monoisotopic (exact) mass is 435 g/mol. The Balaban J connectivity index is 1.23. The van der Waals surface area contributed by atoms with Crippen molar-refractivity contribution in [1.29, 1.82) is 0 Å². The minimum atomic E-state index is -0.178. The number of aromatic amines is 1. The Labute approximate surface area is 184 Å². The van der Waals surface area contributed by atoms with Gasteiger partial charge in [-0.25, -0.2) is 9.67 Å². The van der Waals surface area contributed by atoms with E-state index < -0.39 is 0 Å². The van der Waals surface area contributed by atoms with Crippen LogP contribution in [0.15, 0.2) is 46.7 Å². The molecule has 8 nitrogen and oxygen atoms in total. The van der Waals surface area contributed by atoms with Gasteiger partial charge in [0.2, 0.25) is 5.95 Å². The molecule has 1 aliphatic rings. The molecule has 3 aromatic heterocycles. The van der Waals surface area contributed by atoms with Crippen LogP contribution in [0.3, 0.4) is 0 Å². The third kappa shape index (κ3) is 4.38. The number of anilines is 1. The van der Waals surface area contributed by atoms with Gasteiger partial charge in [0.25, 0.3) is 5.56 Å². The van der Waals surface area contributed by atoms with E-state index in [1.165, 1.54) is 5.69 Å². The van der Waals surface area contributed by atoms with Crippen LogP contribution in [0.4, 0.5) is 5.95 Å². The molecule has 31 heavy (non-hydrogen) atoms. The van der Waals surface area contributed by atoms with Gasteiger partial charge in [-0.3, -0.25) is 14.7 Å². The van der Waals surface area contributed by atoms with Gasteiger partial charge in [-0.05, 0) is 50.9 Å². The lowest BCUT2D eigenvalue weighted by Crippen LogP contribution is -2.35. The normalized spacial score (nSPS) is 15.5. The number of H-pyrrole nitrogens is 1. The van der Waals surface area contributed by atoms with Crippen molar-refractivity contribution in [2.45, 2.75) is 26.3 Å². The van der Waals surface area contributed by atoms with Crippen molar-refractivity contribution >= 4 is 28.3 Å². The Bertz CT molecular complexity index is 1220. The zero-order chi connectivity index (χ0) is 21.2. The van der Waals surface area contributed by atoms with Crippen molar-refractivity contribution in [1.82, 2.24) is 29.6 Å². The van der Waals surface area contributed by atoms with Crippen LogP contribution < -0.4 is 10.9 Å². The number of piperidine rings is 1. The molecule has 0 radical (unpaired) electrons. The molecule has 0 saturated carbocycles. The van der Waals surface area contributed by atoms with E-state index in [1.807, 2.05) is 30.3 Å². The summed E-state index contributed by atoms with van der Waals surface area (Å²) in [7, 11) is 0. The van der Waals surface area contributed by atoms with Crippen LogP contribution >= 0.6 is 11.3 Å². The molecule has 1 saturated heterocycles. The number of likely N-dealkylation sites (tertiary alicyclic amines) is 1. The second kappa shape index (κ2) is 8.60. The van der Waals surface area contributed by atoms with E-state index >= 15 is 0 Å². The maximum absolute atomic E-state index is 12.5. The number of hydrogen-bond donors (Lipinski definition) is 2. The smallest absolute Gasteiger partial charge is 0.263 e. The van der Waals surface area contributed by atoms with Crippen molar-refractivity contribution in [2.24, 2.45) is 5.92 Å². The second-order valence-corrected chi connectivity index (χ2v) is 9.06. The van der Waals surface area contributed by atoms with E-state index in [2.05, 4.69) is 42.6 Å². The molecule has 1 aromatic carbocycles. The fourth-order valence-electron chi connectivity index (χ4n) is 4.06. The summed E-state index contributed by atoms with van der Waals surface area (Å²) in [5.41, 5.74) is 2.43. The highest BCUT2D eigenvalue weighted by molar-refractivity contribution is 7.09. The van der Waals surface area contributed by atoms with E-state index in [1.54, 1.807) is 22.2 Å². The van der Waals surface area contributed by atoms with Gasteiger partial charge < -0.3 is 5.32 Å². The van der Waals surface area contributed by atoms with Crippen molar-refractivity contribution in [3.63, 3.8) is 0 Å². The van der Waals surface area contributed by atoms with Gasteiger partial charge in [0.05, 0.1) is 22.6 Å². The van der Waals surface area contributed by atoms with E-state index in [0.29, 0.717) is 22.9 Å². The van der Waals surface area contributed by atoms with Gasteiger partial charge in [-0.2, -0.15) is 10.1 Å². The summed E-state index contributed by atoms with van der Waals surface area (Å²) in [5.74, 6) is 1.05. The number of nitrogens with zero attached hydrogens (tertiary/aromatic N) is 5. The molecule has 0 atom stereocenters. The summed E-state index contributed by atoms with van der Waals surface area (Å²) in [6, 6.07) is 9.73. The third-order valence-electron chi connectivity index (χ3n) is 5.76. The maximum Gasteiger partial charge on any atom is 0.263 e. The van der Waals surface area contributed by atoms with Crippen LogP contribution in [0.25, 0.3) is 16.7 Å². The van der Waals surface area contributed by atoms with Crippen LogP contribution in [0.2, 0.25) is 0 Å². The van der Waals surface area contributed by atoms with E-state index in [0.717, 1.165) is 49.7 Å². The highest BCUT2D eigenvalue weighted by Gasteiger charge is 2.20. The highest BCUT2D eigenvalue weighted by Crippen LogP contribution is 2.20. The van der Waals surface area contributed by atoms with Crippen LogP contribution in [0.1, 0.15) is 23.5 Å². The Hall–Kier alpha value is -3.04. The van der Waals surface area contributed by atoms with Gasteiger partial charge in [-0.1, -0.05) is 18.2 Å². The van der Waals surface area contributed by atoms with Crippen LogP contribution in [-0.4, -0.2) is 49.3 Å². The van der Waals surface area contributed by atoms with Gasteiger partial charge in [0.1, 0.15) is 5.39 Å². The predicted octanol–water partition coefficient (Wildman–Crippen LogP) is 3.20. The maximum atomic E-state index is 12.5. The molecule has 4 heterocycles. The van der Waals surface area contributed by atoms with Crippen LogP contribution in [-0.2, 0) is 6.54 Å². The lowest BCUT2D eigenvalue weighted by Gasteiger charge is -2.31. The molecule has 2 N–H and O–H groups in total. The second-order valence-electron chi connectivity index (χ2n) is 8.00. The van der Waals surface area contributed by atoms with Crippen molar-refractivity contribution in [3.05, 3.63) is 63.0 Å². The summed E-state index contributed by atoms with van der Waals surface area (Å²) >= 11 is 1.71. The summed E-state index contributed by atoms with van der Waals surface area (Å²) in [5, 5.41) is 11.5. The number of aromatic nitrogens is 5. The van der Waals surface area contributed by atoms with E-state index in [-0.39, 0.29) is 5.56 Å². The van der Waals surface area contributed by atoms with E-state index in [4.69, 9.17) is 0 Å². The first kappa shape index (κ1) is 19.9. The average Bonchev–Trinajstić information content (AvgIpc) is 3.40. The molecule has 5 rings (SSSR count). The first-order valence-electron chi connectivity index (χ1n) is 10.6. The Morgan fingerprint density at radius 3 is 2.74 bits per heavy atom. The topological polar surface area (TPSA) is 91.7 Å². The number of benzene rings is 1. The SMILES string of the molecule is Cc1nc(CN2CCC(CNc3nc4c(cnn4-c4ccccc4)c(=O)[nH]3)CC2)cs1. The first-order chi connectivity index (χ1) is 15.2. The van der Waals surface area contributed by atoms with Gasteiger partial charge in [0.15, 0.2) is 5.65 Å². The number of nitrogens with one attached hydrogen (secondary N) is 2. The molecule has 0 aliphatic carbocycles. The lowest BCUT2D eigenvalue weighted by atomic mass is 9.97. The minimum absolute atomic E-state index is 0.178. The summed E-state index contributed by atoms with van der Waals surface area (Å²) < 4.78 is 1.70. The number of fused-ring (bicyclic) bond motifs is 1. The van der Waals surface area contributed by atoms with Crippen molar-refractivity contribution < 1.29 is 0 Å². The number of thiazole rings is 1. The largest absolute Gasteiger partial charge is 0.355 e. The number of rotatable bonds is 6. The summed E-state index contributed by atoms with van der Waals surface area (Å²) in [4.78, 5) is 27.0. The Kier molecular flexibility index (Phi) is 5.52. The van der Waals surface area contributed by atoms with Gasteiger partial charge >= 0.3 is 0 Å². The molecular weight excluding hydrogens is 410 g/mol. The molecule has 1 aliphatic heterocycles. The fourth-order valence-corrected chi connectivity index (χ4v) is 4.66. The van der Waals surface area contributed by atoms with E-state index in [9.17, 15) is 4.79 Å². The van der Waals surface area contributed by atoms with Gasteiger partial charge in [-0.15, -0.1) is 11.3 Å². The average molecular weight is 436 g/mol. The molecule has 160 valence electrons. The number of hydrogen-bond acceptors (Lipinski definition) is 7. The predicted molar refractivity (Wildman–Crippen MR) is 123 cm³/mol. The molecule has 0 unspecified atom stereocenters. The molecule has 4 aromatic rings. The van der Waals surface area contributed by atoms with Crippen molar-refractivity contribution in [2.75, 3.05) is 25.0 Å². The molecular formula is C22H25N7OS. The molecule has 0 amide bonds. The molecule has 0 bridgehead atoms. The zero-order valence-electron chi connectivity index (χ0n) is 17.4. The van der Waals surface area contributed by atoms with Crippen molar-refractivity contribution in [3.8, 4) is 5.69 Å². The standard InChI is InChI=1S/C22H25N7OS/c1-15-25-17(14-31-15)13-28-9-7-16(8-10-28)11-23-22-26-20-19(21(30)27-22)12-24-29(20)18-5-3-2-4-6-18/h2-6,12,14,16H,7-11,13H2,1H3,(H2,23,26,27,30). The quantitative estimate of drug-likeness (QED) is 0.483. The Morgan fingerprint density at radius 2 is 2.00 bits per heavy atom. The van der Waals surface area contributed by atoms with Gasteiger partial charge in [0, 0.05) is 18.5 Å². The Morgan fingerprint density at radius 1 is 1.19 bits per heavy atom. The lowest BCUT2D eigenvalue weighted by molar-refractivity contribution is 0.181. The third-order valence-corrected chi connectivity index (χ3v) is 6.58. The molecule has 1 fully saturated rings. The first-order valence-corrected chi connectivity index (χ1v) is 11.4. The highest BCUT2D eigenvalue weighted by atomic mass is 32.1. The molecule has 9 heteroatoms. The van der Waals surface area contributed by atoms with Crippen LogP contribution in [0, 0.1) is 12.8 Å². The summed E-state index contributed by atoms with van der Waals surface area (Å²) in [6.07, 6.45) is 3.80. The minimum Gasteiger partial charge on any atom is -0.355 e.